The minimum absolute atomic E-state index is 0. The Kier molecular flexibility index (Phi) is 6.30. The molecule has 112 valence electrons. The number of ether oxygens (including phenoxy) is 1. The predicted octanol–water partition coefficient (Wildman–Crippen LogP) is 2.69. The van der Waals surface area contributed by atoms with Gasteiger partial charge in [-0.25, -0.2) is 0 Å². The van der Waals surface area contributed by atoms with Crippen molar-refractivity contribution in [3.63, 3.8) is 0 Å². The van der Waals surface area contributed by atoms with Gasteiger partial charge in [-0.05, 0) is 53.4 Å². The summed E-state index contributed by atoms with van der Waals surface area (Å²) in [6.45, 7) is 3.54. The molecule has 2 unspecified atom stereocenters. The number of amides is 1. The van der Waals surface area contributed by atoms with E-state index in [2.05, 4.69) is 15.9 Å². The molecular weight excluding hydrogens is 344 g/mol. The van der Waals surface area contributed by atoms with Crippen LogP contribution in [0.4, 0.5) is 0 Å². The maximum Gasteiger partial charge on any atom is 0.253 e. The maximum atomic E-state index is 12.4. The number of nitrogens with two attached hydrogens (primary N) is 1. The monoisotopic (exact) mass is 362 g/mol. The zero-order valence-corrected chi connectivity index (χ0v) is 14.0. The van der Waals surface area contributed by atoms with Crippen molar-refractivity contribution in [3.8, 4) is 5.75 Å². The van der Waals surface area contributed by atoms with Crippen LogP contribution < -0.4 is 10.5 Å². The molecule has 0 radical (unpaired) electrons. The SMILES string of the molecule is COc1ccc(C(=O)N2CCC(C(C)N)C2)cc1Br.Cl. The van der Waals surface area contributed by atoms with E-state index in [0.29, 0.717) is 11.5 Å². The van der Waals surface area contributed by atoms with E-state index in [9.17, 15) is 4.79 Å². The van der Waals surface area contributed by atoms with Crippen molar-refractivity contribution < 1.29 is 9.53 Å². The van der Waals surface area contributed by atoms with Crippen LogP contribution >= 0.6 is 28.3 Å². The molecule has 1 aromatic carbocycles. The zero-order valence-electron chi connectivity index (χ0n) is 11.6. The number of halogens is 2. The first-order chi connectivity index (χ1) is 9.02. The highest BCUT2D eigenvalue weighted by Crippen LogP contribution is 2.27. The Morgan fingerprint density at radius 2 is 2.25 bits per heavy atom. The lowest BCUT2D eigenvalue weighted by Crippen LogP contribution is -2.33. The largest absolute Gasteiger partial charge is 0.496 e. The van der Waals surface area contributed by atoms with Crippen molar-refractivity contribution in [1.82, 2.24) is 4.90 Å². The van der Waals surface area contributed by atoms with Crippen LogP contribution in [-0.2, 0) is 0 Å². The van der Waals surface area contributed by atoms with Gasteiger partial charge in [-0.15, -0.1) is 12.4 Å². The van der Waals surface area contributed by atoms with Gasteiger partial charge >= 0.3 is 0 Å². The Labute approximate surface area is 134 Å². The summed E-state index contributed by atoms with van der Waals surface area (Å²) < 4.78 is 5.96. The first kappa shape index (κ1) is 17.3. The summed E-state index contributed by atoms with van der Waals surface area (Å²) in [5.41, 5.74) is 6.58. The van der Waals surface area contributed by atoms with Crippen molar-refractivity contribution in [1.29, 1.82) is 0 Å². The van der Waals surface area contributed by atoms with Crippen molar-refractivity contribution >= 4 is 34.2 Å². The number of carbonyl (C=O) groups is 1. The van der Waals surface area contributed by atoms with Gasteiger partial charge < -0.3 is 15.4 Å². The average Bonchev–Trinajstić information content (AvgIpc) is 2.87. The van der Waals surface area contributed by atoms with Crippen molar-refractivity contribution in [3.05, 3.63) is 28.2 Å². The van der Waals surface area contributed by atoms with Gasteiger partial charge in [0.25, 0.3) is 5.91 Å². The third kappa shape index (κ3) is 3.65. The second-order valence-electron chi connectivity index (χ2n) is 5.01. The molecular formula is C14H20BrClN2O2. The molecule has 1 aliphatic rings. The Hall–Kier alpha value is -0.780. The molecule has 0 aromatic heterocycles. The molecule has 1 amide bonds. The second-order valence-corrected chi connectivity index (χ2v) is 5.86. The van der Waals surface area contributed by atoms with Crippen molar-refractivity contribution in [2.45, 2.75) is 19.4 Å². The third-order valence-corrected chi connectivity index (χ3v) is 4.27. The summed E-state index contributed by atoms with van der Waals surface area (Å²) in [7, 11) is 1.61. The van der Waals surface area contributed by atoms with Crippen molar-refractivity contribution in [2.24, 2.45) is 11.7 Å². The van der Waals surface area contributed by atoms with Crippen LogP contribution in [-0.4, -0.2) is 37.0 Å². The van der Waals surface area contributed by atoms with E-state index in [1.165, 1.54) is 0 Å². The minimum Gasteiger partial charge on any atom is -0.496 e. The molecule has 2 N–H and O–H groups in total. The lowest BCUT2D eigenvalue weighted by molar-refractivity contribution is 0.0786. The fourth-order valence-corrected chi connectivity index (χ4v) is 2.92. The van der Waals surface area contributed by atoms with Gasteiger partial charge in [0.05, 0.1) is 11.6 Å². The number of benzene rings is 1. The normalized spacial score (nSPS) is 19.4. The van der Waals surface area contributed by atoms with Crippen LogP contribution in [0.3, 0.4) is 0 Å². The smallest absolute Gasteiger partial charge is 0.253 e. The van der Waals surface area contributed by atoms with Gasteiger partial charge in [-0.1, -0.05) is 0 Å². The summed E-state index contributed by atoms with van der Waals surface area (Å²) in [4.78, 5) is 14.3. The van der Waals surface area contributed by atoms with Crippen LogP contribution in [0.1, 0.15) is 23.7 Å². The molecule has 0 spiro atoms. The first-order valence-corrected chi connectivity index (χ1v) is 7.20. The molecule has 1 fully saturated rings. The number of methoxy groups -OCH3 is 1. The van der Waals surface area contributed by atoms with Gasteiger partial charge in [0.15, 0.2) is 0 Å². The van der Waals surface area contributed by atoms with Gasteiger partial charge in [-0.3, -0.25) is 4.79 Å². The number of nitrogens with zero attached hydrogens (tertiary/aromatic N) is 1. The Morgan fingerprint density at radius 1 is 1.55 bits per heavy atom. The van der Waals surface area contributed by atoms with E-state index in [1.807, 2.05) is 11.8 Å². The van der Waals surface area contributed by atoms with Gasteiger partial charge in [-0.2, -0.15) is 0 Å². The molecule has 1 aromatic rings. The van der Waals surface area contributed by atoms with Crippen molar-refractivity contribution in [2.75, 3.05) is 20.2 Å². The fraction of sp³-hybridized carbons (Fsp3) is 0.500. The summed E-state index contributed by atoms with van der Waals surface area (Å²) in [5, 5.41) is 0. The number of likely N-dealkylation sites (tertiary alicyclic amines) is 1. The number of hydrogen-bond acceptors (Lipinski definition) is 3. The highest BCUT2D eigenvalue weighted by Gasteiger charge is 2.29. The van der Waals surface area contributed by atoms with E-state index in [1.54, 1.807) is 25.3 Å². The van der Waals surface area contributed by atoms with E-state index in [0.717, 1.165) is 29.7 Å². The number of rotatable bonds is 3. The Morgan fingerprint density at radius 3 is 2.75 bits per heavy atom. The molecule has 1 aliphatic heterocycles. The van der Waals surface area contributed by atoms with Crippen LogP contribution in [0.5, 0.6) is 5.75 Å². The van der Waals surface area contributed by atoms with Gasteiger partial charge in [0, 0.05) is 24.7 Å². The standard InChI is InChI=1S/C14H19BrN2O2.ClH/c1-9(16)11-5-6-17(8-11)14(18)10-3-4-13(19-2)12(15)7-10;/h3-4,7,9,11H,5-6,8,16H2,1-2H3;1H. The molecule has 0 aliphatic carbocycles. The lowest BCUT2D eigenvalue weighted by Gasteiger charge is -2.18. The average molecular weight is 364 g/mol. The molecule has 4 nitrogen and oxygen atoms in total. The van der Waals surface area contributed by atoms with Gasteiger partial charge in [0.1, 0.15) is 5.75 Å². The topological polar surface area (TPSA) is 55.6 Å². The summed E-state index contributed by atoms with van der Waals surface area (Å²) in [5.74, 6) is 1.20. The summed E-state index contributed by atoms with van der Waals surface area (Å²) in [6, 6.07) is 5.54. The van der Waals surface area contributed by atoms with E-state index in [4.69, 9.17) is 10.5 Å². The molecule has 20 heavy (non-hydrogen) atoms. The molecule has 0 saturated carbocycles. The number of hydrogen-bond donors (Lipinski definition) is 1. The molecule has 2 rings (SSSR count). The van der Waals surface area contributed by atoms with Gasteiger partial charge in [0.2, 0.25) is 0 Å². The molecule has 1 heterocycles. The number of carbonyl (C=O) groups excluding carboxylic acids is 1. The zero-order chi connectivity index (χ0) is 14.0. The highest BCUT2D eigenvalue weighted by molar-refractivity contribution is 9.10. The van der Waals surface area contributed by atoms with E-state index in [-0.39, 0.29) is 24.4 Å². The van der Waals surface area contributed by atoms with Crippen LogP contribution in [0.25, 0.3) is 0 Å². The molecule has 1 saturated heterocycles. The lowest BCUT2D eigenvalue weighted by atomic mass is 10.0. The van der Waals surface area contributed by atoms with Crippen LogP contribution in [0.15, 0.2) is 22.7 Å². The van der Waals surface area contributed by atoms with E-state index < -0.39 is 0 Å². The summed E-state index contributed by atoms with van der Waals surface area (Å²) in [6.07, 6.45) is 0.987. The quantitative estimate of drug-likeness (QED) is 0.898. The Balaban J connectivity index is 0.00000200. The molecule has 6 heteroatoms. The maximum absolute atomic E-state index is 12.4. The third-order valence-electron chi connectivity index (χ3n) is 3.65. The Bertz CT molecular complexity index is 482. The van der Waals surface area contributed by atoms with Crippen LogP contribution in [0, 0.1) is 5.92 Å². The molecule has 2 atom stereocenters. The highest BCUT2D eigenvalue weighted by atomic mass is 79.9. The van der Waals surface area contributed by atoms with E-state index >= 15 is 0 Å². The second kappa shape index (κ2) is 7.29. The predicted molar refractivity (Wildman–Crippen MR) is 85.6 cm³/mol. The fourth-order valence-electron chi connectivity index (χ4n) is 2.38. The minimum atomic E-state index is 0. The molecule has 0 bridgehead atoms. The first-order valence-electron chi connectivity index (χ1n) is 6.41. The summed E-state index contributed by atoms with van der Waals surface area (Å²) >= 11 is 3.40. The van der Waals surface area contributed by atoms with Crippen LogP contribution in [0.2, 0.25) is 0 Å².